The summed E-state index contributed by atoms with van der Waals surface area (Å²) in [6, 6.07) is 2.41. The van der Waals surface area contributed by atoms with Gasteiger partial charge >= 0.3 is 0 Å². The molecule has 0 fully saturated rings. The molecule has 0 N–H and O–H groups in total. The summed E-state index contributed by atoms with van der Waals surface area (Å²) in [6.45, 7) is 2.09. The molecule has 0 aliphatic heterocycles. The molecule has 0 unspecified atom stereocenters. The second kappa shape index (κ2) is 3.85. The van der Waals surface area contributed by atoms with Gasteiger partial charge in [0.25, 0.3) is 0 Å². The van der Waals surface area contributed by atoms with Crippen LogP contribution in [0.5, 0.6) is 5.75 Å². The van der Waals surface area contributed by atoms with Crippen LogP contribution in [0.1, 0.15) is 6.92 Å². The molecule has 4 heteroatoms. The molecule has 0 aliphatic carbocycles. The molecule has 12 heavy (non-hydrogen) atoms. The zero-order valence-corrected chi connectivity index (χ0v) is 7.99. The maximum absolute atomic E-state index is 13.0. The second-order valence-electron chi connectivity index (χ2n) is 2.11. The van der Waals surface area contributed by atoms with Crippen molar-refractivity contribution < 1.29 is 13.5 Å². The van der Waals surface area contributed by atoms with Gasteiger partial charge in [0.2, 0.25) is 0 Å². The molecule has 1 rings (SSSR count). The molecule has 0 atom stereocenters. The fraction of sp³-hybridized carbons (Fsp3) is 0.250. The third kappa shape index (κ3) is 1.75. The highest BCUT2D eigenvalue weighted by atomic mass is 79.9. The lowest BCUT2D eigenvalue weighted by Crippen LogP contribution is -1.96. The van der Waals surface area contributed by atoms with Gasteiger partial charge in [0.1, 0.15) is 5.82 Å². The molecule has 0 spiro atoms. The summed E-state index contributed by atoms with van der Waals surface area (Å²) in [6.07, 6.45) is 0. The molecule has 1 nitrogen and oxygen atoms in total. The van der Waals surface area contributed by atoms with Gasteiger partial charge in [0.15, 0.2) is 11.6 Å². The van der Waals surface area contributed by atoms with Crippen molar-refractivity contribution in [1.29, 1.82) is 0 Å². The van der Waals surface area contributed by atoms with Crippen molar-refractivity contribution in [2.75, 3.05) is 6.61 Å². The van der Waals surface area contributed by atoms with Crippen LogP contribution in [0.3, 0.4) is 0 Å². The molecule has 1 aromatic rings. The topological polar surface area (TPSA) is 9.23 Å². The maximum atomic E-state index is 13.0. The summed E-state index contributed by atoms with van der Waals surface area (Å²) in [4.78, 5) is 0. The van der Waals surface area contributed by atoms with Gasteiger partial charge < -0.3 is 4.74 Å². The first-order valence-corrected chi connectivity index (χ1v) is 4.22. The average molecular weight is 237 g/mol. The van der Waals surface area contributed by atoms with Gasteiger partial charge in [-0.25, -0.2) is 8.78 Å². The zero-order valence-electron chi connectivity index (χ0n) is 6.40. The molecule has 0 saturated carbocycles. The first kappa shape index (κ1) is 9.45. The summed E-state index contributed by atoms with van der Waals surface area (Å²) < 4.78 is 30.4. The van der Waals surface area contributed by atoms with E-state index in [9.17, 15) is 8.78 Å². The third-order valence-electron chi connectivity index (χ3n) is 1.30. The van der Waals surface area contributed by atoms with E-state index >= 15 is 0 Å². The molecular formula is C8H7BrF2O. The number of benzene rings is 1. The Kier molecular flexibility index (Phi) is 3.03. The van der Waals surface area contributed by atoms with Crippen LogP contribution in [-0.4, -0.2) is 6.61 Å². The molecule has 0 aliphatic rings. The van der Waals surface area contributed by atoms with Crippen molar-refractivity contribution in [2.45, 2.75) is 6.92 Å². The van der Waals surface area contributed by atoms with Crippen LogP contribution in [0, 0.1) is 11.6 Å². The number of hydrogen-bond donors (Lipinski definition) is 0. The zero-order chi connectivity index (χ0) is 9.14. The Morgan fingerprint density at radius 1 is 1.42 bits per heavy atom. The highest BCUT2D eigenvalue weighted by Crippen LogP contribution is 2.27. The van der Waals surface area contributed by atoms with Gasteiger partial charge in [-0.2, -0.15) is 0 Å². The lowest BCUT2D eigenvalue weighted by Gasteiger charge is -2.05. The van der Waals surface area contributed by atoms with Gasteiger partial charge in [-0.15, -0.1) is 0 Å². The minimum atomic E-state index is -0.697. The van der Waals surface area contributed by atoms with Crippen LogP contribution in [-0.2, 0) is 0 Å². The molecule has 0 radical (unpaired) electrons. The number of rotatable bonds is 2. The normalized spacial score (nSPS) is 10.0. The SMILES string of the molecule is CCOc1ccc(F)c(Br)c1F. The van der Waals surface area contributed by atoms with E-state index in [-0.39, 0.29) is 10.2 Å². The van der Waals surface area contributed by atoms with E-state index < -0.39 is 11.6 Å². The largest absolute Gasteiger partial charge is 0.491 e. The maximum Gasteiger partial charge on any atom is 0.182 e. The lowest BCUT2D eigenvalue weighted by molar-refractivity contribution is 0.319. The molecule has 0 saturated heterocycles. The number of halogens is 3. The Morgan fingerprint density at radius 2 is 2.08 bits per heavy atom. The number of hydrogen-bond acceptors (Lipinski definition) is 1. The average Bonchev–Trinajstić information content (AvgIpc) is 2.07. The Bertz CT molecular complexity index is 289. The van der Waals surface area contributed by atoms with Gasteiger partial charge in [-0.05, 0) is 35.0 Å². The Morgan fingerprint density at radius 3 is 2.67 bits per heavy atom. The summed E-state index contributed by atoms with van der Waals surface area (Å²) in [5, 5.41) is 0. The first-order valence-electron chi connectivity index (χ1n) is 3.43. The monoisotopic (exact) mass is 236 g/mol. The molecular weight excluding hydrogens is 230 g/mol. The highest BCUT2D eigenvalue weighted by molar-refractivity contribution is 9.10. The molecule has 0 bridgehead atoms. The van der Waals surface area contributed by atoms with Gasteiger partial charge in [0, 0.05) is 0 Å². The predicted molar refractivity (Wildman–Crippen MR) is 45.2 cm³/mol. The molecule has 0 aromatic heterocycles. The van der Waals surface area contributed by atoms with Gasteiger partial charge in [-0.1, -0.05) is 0 Å². The van der Waals surface area contributed by atoms with Crippen molar-refractivity contribution in [1.82, 2.24) is 0 Å². The molecule has 66 valence electrons. The standard InChI is InChI=1S/C8H7BrF2O/c1-2-12-6-4-3-5(10)7(9)8(6)11/h3-4H,2H2,1H3. The van der Waals surface area contributed by atoms with Crippen molar-refractivity contribution in [3.63, 3.8) is 0 Å². The fourth-order valence-corrected chi connectivity index (χ4v) is 1.10. The van der Waals surface area contributed by atoms with E-state index in [1.54, 1.807) is 6.92 Å². The third-order valence-corrected chi connectivity index (χ3v) is 2.03. The van der Waals surface area contributed by atoms with Crippen molar-refractivity contribution in [2.24, 2.45) is 0 Å². The van der Waals surface area contributed by atoms with E-state index in [4.69, 9.17) is 4.74 Å². The van der Waals surface area contributed by atoms with E-state index in [0.717, 1.165) is 6.07 Å². The van der Waals surface area contributed by atoms with E-state index in [1.807, 2.05) is 0 Å². The van der Waals surface area contributed by atoms with Crippen LogP contribution >= 0.6 is 15.9 Å². The summed E-state index contributed by atoms with van der Waals surface area (Å²) in [7, 11) is 0. The van der Waals surface area contributed by atoms with E-state index in [2.05, 4.69) is 15.9 Å². The van der Waals surface area contributed by atoms with E-state index in [1.165, 1.54) is 6.07 Å². The van der Waals surface area contributed by atoms with Crippen LogP contribution < -0.4 is 4.74 Å². The quantitative estimate of drug-likeness (QED) is 0.718. The molecule has 1 aromatic carbocycles. The summed E-state index contributed by atoms with van der Waals surface area (Å²) in [5.41, 5.74) is 0. The van der Waals surface area contributed by atoms with Crippen molar-refractivity contribution in [3.8, 4) is 5.75 Å². The van der Waals surface area contributed by atoms with Gasteiger partial charge in [0.05, 0.1) is 11.1 Å². The summed E-state index contributed by atoms with van der Waals surface area (Å²) >= 11 is 2.77. The minimum absolute atomic E-state index is 0.0609. The Labute approximate surface area is 77.5 Å². The Hall–Kier alpha value is -0.640. The van der Waals surface area contributed by atoms with Crippen LogP contribution in [0.25, 0.3) is 0 Å². The first-order chi connectivity index (χ1) is 5.66. The smallest absolute Gasteiger partial charge is 0.182 e. The van der Waals surface area contributed by atoms with Crippen LogP contribution in [0.2, 0.25) is 0 Å². The molecule has 0 amide bonds. The lowest BCUT2D eigenvalue weighted by atomic mass is 10.3. The highest BCUT2D eigenvalue weighted by Gasteiger charge is 2.11. The number of ether oxygens (including phenoxy) is 1. The minimum Gasteiger partial charge on any atom is -0.491 e. The Balaban J connectivity index is 3.08. The van der Waals surface area contributed by atoms with Crippen LogP contribution in [0.15, 0.2) is 16.6 Å². The van der Waals surface area contributed by atoms with Crippen molar-refractivity contribution >= 4 is 15.9 Å². The van der Waals surface area contributed by atoms with Crippen molar-refractivity contribution in [3.05, 3.63) is 28.2 Å². The van der Waals surface area contributed by atoms with Gasteiger partial charge in [-0.3, -0.25) is 0 Å². The van der Waals surface area contributed by atoms with E-state index in [0.29, 0.717) is 6.61 Å². The molecule has 0 heterocycles. The summed E-state index contributed by atoms with van der Waals surface area (Å²) in [5.74, 6) is -1.27. The van der Waals surface area contributed by atoms with Crippen LogP contribution in [0.4, 0.5) is 8.78 Å². The second-order valence-corrected chi connectivity index (χ2v) is 2.90. The fourth-order valence-electron chi connectivity index (χ4n) is 0.775. The predicted octanol–water partition coefficient (Wildman–Crippen LogP) is 3.13.